The highest BCUT2D eigenvalue weighted by Gasteiger charge is 2.21. The van der Waals surface area contributed by atoms with Gasteiger partial charge in [-0.25, -0.2) is 4.39 Å². The van der Waals surface area contributed by atoms with Gasteiger partial charge in [0.15, 0.2) is 0 Å². The van der Waals surface area contributed by atoms with E-state index in [0.29, 0.717) is 17.1 Å². The van der Waals surface area contributed by atoms with E-state index in [0.717, 1.165) is 13.1 Å². The third kappa shape index (κ3) is 4.03. The molecule has 2 aromatic rings. The summed E-state index contributed by atoms with van der Waals surface area (Å²) in [5, 5.41) is 0.401. The summed E-state index contributed by atoms with van der Waals surface area (Å²) in [5.41, 5.74) is 7.68. The van der Waals surface area contributed by atoms with Crippen LogP contribution in [0.15, 0.2) is 48.5 Å². The summed E-state index contributed by atoms with van der Waals surface area (Å²) in [6.07, 6.45) is 0. The van der Waals surface area contributed by atoms with Crippen molar-refractivity contribution in [2.24, 2.45) is 5.73 Å². The molecule has 2 aromatic carbocycles. The van der Waals surface area contributed by atoms with Gasteiger partial charge >= 0.3 is 0 Å². The highest BCUT2D eigenvalue weighted by atomic mass is 35.5. The van der Waals surface area contributed by atoms with Gasteiger partial charge in [0.1, 0.15) is 5.82 Å². The van der Waals surface area contributed by atoms with Crippen LogP contribution in [0.25, 0.3) is 0 Å². The molecule has 2 rings (SSSR count). The number of benzene rings is 2. The van der Waals surface area contributed by atoms with E-state index >= 15 is 0 Å². The average molecular weight is 307 g/mol. The van der Waals surface area contributed by atoms with Crippen molar-refractivity contribution in [3.8, 4) is 0 Å². The van der Waals surface area contributed by atoms with Crippen molar-refractivity contribution in [2.45, 2.75) is 19.5 Å². The Bertz CT molecular complexity index is 574. The molecule has 0 aliphatic heterocycles. The smallest absolute Gasteiger partial charge is 0.129 e. The van der Waals surface area contributed by atoms with E-state index in [1.165, 1.54) is 11.6 Å². The third-order valence-electron chi connectivity index (χ3n) is 3.62. The number of nitrogens with two attached hydrogens (primary N) is 1. The van der Waals surface area contributed by atoms with Crippen LogP contribution in [0, 0.1) is 5.82 Å². The van der Waals surface area contributed by atoms with Gasteiger partial charge in [-0.15, -0.1) is 0 Å². The summed E-state index contributed by atoms with van der Waals surface area (Å²) in [6, 6.07) is 14.7. The number of likely N-dealkylation sites (N-methyl/N-ethyl adjacent to an activating group) is 1. The first kappa shape index (κ1) is 16.0. The first-order valence-electron chi connectivity index (χ1n) is 7.08. The predicted octanol–water partition coefficient (Wildman–Crippen LogP) is 4.00. The number of nitrogens with zero attached hydrogens (tertiary/aromatic N) is 1. The second-order valence-electron chi connectivity index (χ2n) is 4.97. The highest BCUT2D eigenvalue weighted by Crippen LogP contribution is 2.26. The molecule has 21 heavy (non-hydrogen) atoms. The Labute approximate surface area is 130 Å². The molecule has 0 fully saturated rings. The maximum absolute atomic E-state index is 14.2. The first-order valence-corrected chi connectivity index (χ1v) is 7.46. The summed E-state index contributed by atoms with van der Waals surface area (Å²) in [7, 11) is 0. The highest BCUT2D eigenvalue weighted by molar-refractivity contribution is 6.30. The summed E-state index contributed by atoms with van der Waals surface area (Å²) in [6.45, 7) is 3.94. The van der Waals surface area contributed by atoms with Gasteiger partial charge < -0.3 is 5.73 Å². The van der Waals surface area contributed by atoms with E-state index in [-0.39, 0.29) is 11.9 Å². The molecule has 0 aromatic heterocycles. The van der Waals surface area contributed by atoms with E-state index < -0.39 is 0 Å². The van der Waals surface area contributed by atoms with Gasteiger partial charge in [0.25, 0.3) is 0 Å². The van der Waals surface area contributed by atoms with Crippen LogP contribution in [0.3, 0.4) is 0 Å². The fourth-order valence-electron chi connectivity index (χ4n) is 2.50. The minimum absolute atomic E-state index is 0.160. The first-order chi connectivity index (χ1) is 10.2. The Hall–Kier alpha value is -1.42. The lowest BCUT2D eigenvalue weighted by Gasteiger charge is -2.30. The molecule has 0 saturated heterocycles. The monoisotopic (exact) mass is 306 g/mol. The molecular weight excluding hydrogens is 287 g/mol. The van der Waals surface area contributed by atoms with Crippen LogP contribution in [0.5, 0.6) is 0 Å². The van der Waals surface area contributed by atoms with Crippen molar-refractivity contribution in [3.63, 3.8) is 0 Å². The van der Waals surface area contributed by atoms with Gasteiger partial charge in [0.2, 0.25) is 0 Å². The second kappa shape index (κ2) is 7.55. The zero-order valence-corrected chi connectivity index (χ0v) is 12.9. The normalized spacial score (nSPS) is 12.6. The molecule has 2 N–H and O–H groups in total. The number of hydrogen-bond acceptors (Lipinski definition) is 2. The largest absolute Gasteiger partial charge is 0.329 e. The van der Waals surface area contributed by atoms with Gasteiger partial charge in [0, 0.05) is 23.7 Å². The Balaban J connectivity index is 2.25. The van der Waals surface area contributed by atoms with Gasteiger partial charge in [-0.3, -0.25) is 4.90 Å². The van der Waals surface area contributed by atoms with Crippen LogP contribution in [0.2, 0.25) is 5.02 Å². The third-order valence-corrected chi connectivity index (χ3v) is 3.86. The summed E-state index contributed by atoms with van der Waals surface area (Å²) in [4.78, 5) is 2.17. The van der Waals surface area contributed by atoms with Gasteiger partial charge in [-0.05, 0) is 24.2 Å². The molecule has 0 aliphatic carbocycles. The molecular formula is C17H20ClFN2. The molecule has 0 heterocycles. The van der Waals surface area contributed by atoms with Crippen molar-refractivity contribution in [1.82, 2.24) is 4.90 Å². The molecule has 0 bridgehead atoms. The molecule has 0 radical (unpaired) electrons. The number of rotatable bonds is 6. The summed E-state index contributed by atoms with van der Waals surface area (Å²) < 4.78 is 14.2. The molecule has 0 saturated carbocycles. The van der Waals surface area contributed by atoms with E-state index in [1.807, 2.05) is 18.2 Å². The number of halogens is 2. The van der Waals surface area contributed by atoms with Crippen LogP contribution >= 0.6 is 11.6 Å². The lowest BCUT2D eigenvalue weighted by atomic mass is 10.0. The standard InChI is InChI=1S/C17H20ClFN2/c1-2-21(12-13-6-4-3-5-7-13)17(11-20)15-9-8-14(18)10-16(15)19/h3-10,17H,2,11-12,20H2,1H3. The lowest BCUT2D eigenvalue weighted by molar-refractivity contribution is 0.199. The van der Waals surface area contributed by atoms with E-state index in [9.17, 15) is 4.39 Å². The molecule has 0 spiro atoms. The van der Waals surface area contributed by atoms with Gasteiger partial charge in [-0.1, -0.05) is 54.9 Å². The quantitative estimate of drug-likeness (QED) is 0.874. The SMILES string of the molecule is CCN(Cc1ccccc1)C(CN)c1ccc(Cl)cc1F. The van der Waals surface area contributed by atoms with Gasteiger partial charge in [-0.2, -0.15) is 0 Å². The predicted molar refractivity (Wildman–Crippen MR) is 85.7 cm³/mol. The fourth-order valence-corrected chi connectivity index (χ4v) is 2.66. The van der Waals surface area contributed by atoms with Crippen LogP contribution in [0.4, 0.5) is 4.39 Å². The maximum atomic E-state index is 14.2. The average Bonchev–Trinajstić information content (AvgIpc) is 2.49. The lowest BCUT2D eigenvalue weighted by Crippen LogP contribution is -2.33. The summed E-state index contributed by atoms with van der Waals surface area (Å²) >= 11 is 5.82. The Morgan fingerprint density at radius 1 is 1.19 bits per heavy atom. The van der Waals surface area contributed by atoms with Crippen molar-refractivity contribution in [1.29, 1.82) is 0 Å². The number of hydrogen-bond donors (Lipinski definition) is 1. The second-order valence-corrected chi connectivity index (χ2v) is 5.40. The van der Waals surface area contributed by atoms with Gasteiger partial charge in [0.05, 0.1) is 6.04 Å². The zero-order chi connectivity index (χ0) is 15.2. The molecule has 0 amide bonds. The minimum atomic E-state index is -0.301. The minimum Gasteiger partial charge on any atom is -0.329 e. The Morgan fingerprint density at radius 2 is 1.90 bits per heavy atom. The fraction of sp³-hybridized carbons (Fsp3) is 0.294. The molecule has 112 valence electrons. The van der Waals surface area contributed by atoms with Crippen LogP contribution in [-0.4, -0.2) is 18.0 Å². The van der Waals surface area contributed by atoms with Crippen molar-refractivity contribution in [2.75, 3.05) is 13.1 Å². The van der Waals surface area contributed by atoms with E-state index in [2.05, 4.69) is 24.0 Å². The van der Waals surface area contributed by atoms with Crippen LogP contribution in [0.1, 0.15) is 24.1 Å². The Morgan fingerprint density at radius 3 is 2.48 bits per heavy atom. The molecule has 0 aliphatic rings. The van der Waals surface area contributed by atoms with Crippen molar-refractivity contribution >= 4 is 11.6 Å². The van der Waals surface area contributed by atoms with E-state index in [1.54, 1.807) is 12.1 Å². The van der Waals surface area contributed by atoms with Crippen molar-refractivity contribution in [3.05, 3.63) is 70.5 Å². The summed E-state index contributed by atoms with van der Waals surface area (Å²) in [5.74, 6) is -0.301. The molecule has 1 atom stereocenters. The molecule has 4 heteroatoms. The van der Waals surface area contributed by atoms with Crippen molar-refractivity contribution < 1.29 is 4.39 Å². The van der Waals surface area contributed by atoms with Crippen LogP contribution in [-0.2, 0) is 6.54 Å². The molecule has 1 unspecified atom stereocenters. The zero-order valence-electron chi connectivity index (χ0n) is 12.1. The van der Waals surface area contributed by atoms with Crippen LogP contribution < -0.4 is 5.73 Å². The Kier molecular flexibility index (Phi) is 5.74. The topological polar surface area (TPSA) is 29.3 Å². The van der Waals surface area contributed by atoms with E-state index in [4.69, 9.17) is 17.3 Å². The maximum Gasteiger partial charge on any atom is 0.129 e. The molecule has 2 nitrogen and oxygen atoms in total.